The van der Waals surface area contributed by atoms with Gasteiger partial charge in [-0.25, -0.2) is 8.78 Å². The van der Waals surface area contributed by atoms with E-state index in [-0.39, 0.29) is 0 Å². The fourth-order valence-electron chi connectivity index (χ4n) is 0.950. The van der Waals surface area contributed by atoms with E-state index in [9.17, 15) is 18.4 Å². The maximum absolute atomic E-state index is 12.3. The number of aromatic amines is 1. The molecule has 1 rings (SSSR count). The van der Waals surface area contributed by atoms with Gasteiger partial charge in [0.05, 0.1) is 5.56 Å². The van der Waals surface area contributed by atoms with Gasteiger partial charge in [-0.15, -0.1) is 0 Å². The van der Waals surface area contributed by atoms with E-state index in [0.29, 0.717) is 6.20 Å². The number of alkyl halides is 2. The zero-order valence-corrected chi connectivity index (χ0v) is 7.31. The third-order valence-corrected chi connectivity index (χ3v) is 1.72. The molecule has 0 aromatic carbocycles. The third kappa shape index (κ3) is 1.74. The first-order valence-electron chi connectivity index (χ1n) is 3.37. The highest BCUT2D eigenvalue weighted by Gasteiger charge is 2.24. The number of halogens is 3. The summed E-state index contributed by atoms with van der Waals surface area (Å²) in [7, 11) is 0. The molecule has 1 aromatic heterocycles. The molecule has 1 heterocycles. The van der Waals surface area contributed by atoms with Crippen LogP contribution in [0.4, 0.5) is 8.78 Å². The number of aromatic hydroxyl groups is 1. The van der Waals surface area contributed by atoms with Crippen molar-refractivity contribution in [3.8, 4) is 5.75 Å². The molecule has 76 valence electrons. The summed E-state index contributed by atoms with van der Waals surface area (Å²) in [6.45, 7) is 0. The zero-order valence-electron chi connectivity index (χ0n) is 6.55. The van der Waals surface area contributed by atoms with Crippen molar-refractivity contribution in [3.63, 3.8) is 0 Å². The first kappa shape index (κ1) is 10.6. The quantitative estimate of drug-likeness (QED) is 0.745. The van der Waals surface area contributed by atoms with Gasteiger partial charge in [-0.3, -0.25) is 9.59 Å². The Morgan fingerprint density at radius 1 is 1.57 bits per heavy atom. The van der Waals surface area contributed by atoms with Crippen LogP contribution in [0, 0.1) is 0 Å². The van der Waals surface area contributed by atoms with Crippen molar-refractivity contribution in [2.75, 3.05) is 0 Å². The van der Waals surface area contributed by atoms with Gasteiger partial charge in [-0.1, -0.05) is 0 Å². The number of carbonyl (C=O) groups is 1. The average molecular weight is 224 g/mol. The molecular formula is C7H4ClF2NO3. The molecule has 7 heteroatoms. The second-order valence-corrected chi connectivity index (χ2v) is 2.71. The molecule has 0 aliphatic rings. The average Bonchev–Trinajstić information content (AvgIpc) is 2.07. The molecule has 0 saturated carbocycles. The Balaban J connectivity index is 3.58. The minimum atomic E-state index is -3.14. The number of rotatable bonds is 2. The summed E-state index contributed by atoms with van der Waals surface area (Å²) in [5.74, 6) is -0.872. The smallest absolute Gasteiger partial charge is 0.268 e. The Kier molecular flexibility index (Phi) is 2.85. The van der Waals surface area contributed by atoms with E-state index in [2.05, 4.69) is 0 Å². The lowest BCUT2D eigenvalue weighted by molar-refractivity contribution is 0.106. The third-order valence-electron chi connectivity index (χ3n) is 1.53. The maximum atomic E-state index is 12.3. The Morgan fingerprint density at radius 3 is 2.50 bits per heavy atom. The molecule has 0 radical (unpaired) electrons. The van der Waals surface area contributed by atoms with Gasteiger partial charge in [-0.05, 0) is 11.6 Å². The predicted octanol–water partition coefficient (Wildman–Crippen LogP) is 1.40. The van der Waals surface area contributed by atoms with Gasteiger partial charge in [-0.2, -0.15) is 0 Å². The van der Waals surface area contributed by atoms with E-state index in [1.54, 1.807) is 0 Å². The number of H-pyrrole nitrogens is 1. The van der Waals surface area contributed by atoms with E-state index >= 15 is 0 Å². The molecule has 0 aliphatic carbocycles. The number of hydrogen-bond donors (Lipinski definition) is 2. The normalized spacial score (nSPS) is 10.6. The molecule has 2 N–H and O–H groups in total. The highest BCUT2D eigenvalue weighted by molar-refractivity contribution is 6.67. The Morgan fingerprint density at radius 2 is 2.14 bits per heavy atom. The van der Waals surface area contributed by atoms with Crippen LogP contribution in [-0.2, 0) is 0 Å². The van der Waals surface area contributed by atoms with Crippen LogP contribution >= 0.6 is 11.6 Å². The monoisotopic (exact) mass is 223 g/mol. The van der Waals surface area contributed by atoms with Crippen molar-refractivity contribution in [1.82, 2.24) is 4.98 Å². The van der Waals surface area contributed by atoms with Crippen LogP contribution in [0.3, 0.4) is 0 Å². The number of carbonyl (C=O) groups excluding carboxylic acids is 1. The standard InChI is InChI=1S/C7H4ClF2NO3/c8-5(13)4-3(6(9)10)2(12)1-11-7(4)14/h1,6,12H,(H,11,14). The van der Waals surface area contributed by atoms with E-state index in [1.807, 2.05) is 4.98 Å². The number of pyridine rings is 1. The maximum Gasteiger partial charge on any atom is 0.268 e. The molecule has 0 bridgehead atoms. The summed E-state index contributed by atoms with van der Waals surface area (Å²) in [4.78, 5) is 23.5. The summed E-state index contributed by atoms with van der Waals surface area (Å²) in [5.41, 5.74) is -3.03. The van der Waals surface area contributed by atoms with E-state index < -0.39 is 34.1 Å². The molecule has 0 saturated heterocycles. The lowest BCUT2D eigenvalue weighted by Gasteiger charge is -2.05. The molecule has 14 heavy (non-hydrogen) atoms. The molecule has 4 nitrogen and oxygen atoms in total. The fourth-order valence-corrected chi connectivity index (χ4v) is 1.14. The van der Waals surface area contributed by atoms with Gasteiger partial charge in [0.1, 0.15) is 11.3 Å². The van der Waals surface area contributed by atoms with Crippen LogP contribution in [0.25, 0.3) is 0 Å². The summed E-state index contributed by atoms with van der Waals surface area (Å²) in [5, 5.41) is 7.64. The Hall–Kier alpha value is -1.43. The minimum absolute atomic E-state index is 0.674. The summed E-state index contributed by atoms with van der Waals surface area (Å²) >= 11 is 4.93. The highest BCUT2D eigenvalue weighted by Crippen LogP contribution is 2.29. The minimum Gasteiger partial charge on any atom is -0.506 e. The SMILES string of the molecule is O=C(Cl)c1c(C(F)F)c(O)c[nH]c1=O. The van der Waals surface area contributed by atoms with Crippen LogP contribution in [0.2, 0.25) is 0 Å². The summed E-state index contributed by atoms with van der Waals surface area (Å²) in [6, 6.07) is 0. The molecule has 0 amide bonds. The van der Waals surface area contributed by atoms with Crippen molar-refractivity contribution in [2.45, 2.75) is 6.43 Å². The Labute approximate surface area is 81.1 Å². The van der Waals surface area contributed by atoms with Gasteiger partial charge >= 0.3 is 0 Å². The van der Waals surface area contributed by atoms with Gasteiger partial charge in [0.2, 0.25) is 0 Å². The topological polar surface area (TPSA) is 70.2 Å². The van der Waals surface area contributed by atoms with Crippen molar-refractivity contribution in [3.05, 3.63) is 27.7 Å². The molecule has 0 unspecified atom stereocenters. The number of aromatic nitrogens is 1. The van der Waals surface area contributed by atoms with Gasteiger partial charge in [0, 0.05) is 6.20 Å². The van der Waals surface area contributed by atoms with Crippen molar-refractivity contribution in [2.24, 2.45) is 0 Å². The first-order chi connectivity index (χ1) is 6.45. The lowest BCUT2D eigenvalue weighted by atomic mass is 10.1. The second-order valence-electron chi connectivity index (χ2n) is 2.37. The van der Waals surface area contributed by atoms with Crippen LogP contribution in [0.15, 0.2) is 11.0 Å². The van der Waals surface area contributed by atoms with E-state index in [4.69, 9.17) is 16.7 Å². The molecule has 0 fully saturated rings. The van der Waals surface area contributed by atoms with Crippen LogP contribution < -0.4 is 5.56 Å². The highest BCUT2D eigenvalue weighted by atomic mass is 35.5. The summed E-state index contributed by atoms with van der Waals surface area (Å²) in [6.07, 6.45) is -2.47. The predicted molar refractivity (Wildman–Crippen MR) is 43.9 cm³/mol. The molecular weight excluding hydrogens is 220 g/mol. The molecule has 1 aromatic rings. The van der Waals surface area contributed by atoms with Crippen molar-refractivity contribution >= 4 is 16.8 Å². The van der Waals surface area contributed by atoms with Crippen LogP contribution in [0.1, 0.15) is 22.3 Å². The fraction of sp³-hybridized carbons (Fsp3) is 0.143. The number of nitrogens with one attached hydrogen (secondary N) is 1. The van der Waals surface area contributed by atoms with Gasteiger partial charge in [0.15, 0.2) is 0 Å². The summed E-state index contributed by atoms with van der Waals surface area (Å²) < 4.78 is 24.6. The molecule has 0 spiro atoms. The second kappa shape index (κ2) is 3.75. The van der Waals surface area contributed by atoms with Crippen LogP contribution in [0.5, 0.6) is 5.75 Å². The van der Waals surface area contributed by atoms with Gasteiger partial charge in [0.25, 0.3) is 17.2 Å². The molecule has 0 atom stereocenters. The first-order valence-corrected chi connectivity index (χ1v) is 3.75. The zero-order chi connectivity index (χ0) is 10.9. The Bertz CT molecular complexity index is 429. The van der Waals surface area contributed by atoms with Gasteiger partial charge < -0.3 is 10.1 Å². The van der Waals surface area contributed by atoms with E-state index in [0.717, 1.165) is 0 Å². The molecule has 0 aliphatic heterocycles. The number of hydrogen-bond acceptors (Lipinski definition) is 3. The van der Waals surface area contributed by atoms with Crippen molar-refractivity contribution < 1.29 is 18.7 Å². The lowest BCUT2D eigenvalue weighted by Crippen LogP contribution is -2.17. The van der Waals surface area contributed by atoms with Crippen molar-refractivity contribution in [1.29, 1.82) is 0 Å². The van der Waals surface area contributed by atoms with E-state index in [1.165, 1.54) is 0 Å². The van der Waals surface area contributed by atoms with Crippen LogP contribution in [-0.4, -0.2) is 15.3 Å². The largest absolute Gasteiger partial charge is 0.506 e.